The average Bonchev–Trinajstić information content (AvgIpc) is 3.30. The van der Waals surface area contributed by atoms with Gasteiger partial charge in [0.15, 0.2) is 0 Å². The van der Waals surface area contributed by atoms with Crippen molar-refractivity contribution in [2.45, 2.75) is 38.8 Å². The number of aliphatic hydroxyl groups is 1. The highest BCUT2D eigenvalue weighted by molar-refractivity contribution is 7.89. The predicted molar refractivity (Wildman–Crippen MR) is 99.3 cm³/mol. The molecule has 140 valence electrons. The zero-order chi connectivity index (χ0) is 18.5. The van der Waals surface area contributed by atoms with Gasteiger partial charge in [-0.2, -0.15) is 4.31 Å². The van der Waals surface area contributed by atoms with Gasteiger partial charge < -0.3 is 14.7 Å². The second kappa shape index (κ2) is 6.33. The van der Waals surface area contributed by atoms with E-state index in [4.69, 9.17) is 0 Å². The number of rotatable bonds is 5. The fraction of sp³-hybridized carbons (Fsp3) is 0.529. The Morgan fingerprint density at radius 2 is 2.27 bits per heavy atom. The summed E-state index contributed by atoms with van der Waals surface area (Å²) < 4.78 is 28.5. The van der Waals surface area contributed by atoms with Crippen molar-refractivity contribution in [3.63, 3.8) is 0 Å². The summed E-state index contributed by atoms with van der Waals surface area (Å²) in [4.78, 5) is 12.0. The van der Waals surface area contributed by atoms with E-state index in [-0.39, 0.29) is 11.8 Å². The van der Waals surface area contributed by atoms with E-state index in [1.54, 1.807) is 17.4 Å². The summed E-state index contributed by atoms with van der Waals surface area (Å²) >= 11 is 0. The second-order valence-electron chi connectivity index (χ2n) is 6.86. The Morgan fingerprint density at radius 3 is 3.00 bits per heavy atom. The maximum atomic E-state index is 12.4. The first kappa shape index (κ1) is 17.4. The number of imidazole rings is 1. The lowest BCUT2D eigenvalue weighted by molar-refractivity contribution is 0.182. The van der Waals surface area contributed by atoms with Gasteiger partial charge in [-0.3, -0.25) is 0 Å². The third-order valence-electron chi connectivity index (χ3n) is 4.98. The van der Waals surface area contributed by atoms with Crippen molar-refractivity contribution in [3.8, 4) is 0 Å². The molecule has 4 rings (SSSR count). The maximum absolute atomic E-state index is 12.4. The summed E-state index contributed by atoms with van der Waals surface area (Å²) in [5.41, 5.74) is 2.36. The van der Waals surface area contributed by atoms with Gasteiger partial charge in [-0.05, 0) is 25.8 Å². The lowest BCUT2D eigenvalue weighted by Crippen LogP contribution is -2.31. The standard InChI is InChI=1S/C17H23N5O3S/c1-3-8-26(24,25)21-7-5-12(10-21)22-15-13-4-6-18-16(13)19-9-14(15)20-17(22)11(2)23/h4,6,9,11-12,23H,3,5,7-8,10H2,1-2H3,(H,18,19)/t11-,12-/m1/s1. The molecule has 0 spiro atoms. The van der Waals surface area contributed by atoms with Crippen molar-refractivity contribution in [1.82, 2.24) is 23.8 Å². The molecule has 0 amide bonds. The predicted octanol–water partition coefficient (Wildman–Crippen LogP) is 1.95. The molecule has 3 aromatic heterocycles. The van der Waals surface area contributed by atoms with Crippen LogP contribution in [0.5, 0.6) is 0 Å². The van der Waals surface area contributed by atoms with Crippen molar-refractivity contribution in [1.29, 1.82) is 0 Å². The monoisotopic (exact) mass is 377 g/mol. The number of nitrogens with zero attached hydrogens (tertiary/aromatic N) is 4. The summed E-state index contributed by atoms with van der Waals surface area (Å²) in [6, 6.07) is 1.88. The fourth-order valence-electron chi connectivity index (χ4n) is 3.84. The van der Waals surface area contributed by atoms with E-state index < -0.39 is 16.1 Å². The Balaban J connectivity index is 1.83. The van der Waals surface area contributed by atoms with Crippen LogP contribution in [0.3, 0.4) is 0 Å². The summed E-state index contributed by atoms with van der Waals surface area (Å²) in [7, 11) is -3.23. The topological polar surface area (TPSA) is 104 Å². The van der Waals surface area contributed by atoms with Crippen LogP contribution in [0.15, 0.2) is 18.5 Å². The van der Waals surface area contributed by atoms with Crippen LogP contribution in [0.4, 0.5) is 0 Å². The molecule has 1 saturated heterocycles. The Labute approximate surface area is 151 Å². The molecule has 4 heterocycles. The van der Waals surface area contributed by atoms with Crippen LogP contribution in [-0.4, -0.2) is 56.2 Å². The van der Waals surface area contributed by atoms with Gasteiger partial charge in [-0.25, -0.2) is 18.4 Å². The molecule has 3 aromatic rings. The quantitative estimate of drug-likeness (QED) is 0.707. The normalized spacial score (nSPS) is 20.3. The van der Waals surface area contributed by atoms with Crippen LogP contribution in [0, 0.1) is 0 Å². The highest BCUT2D eigenvalue weighted by atomic mass is 32.2. The van der Waals surface area contributed by atoms with Crippen LogP contribution >= 0.6 is 0 Å². The number of pyridine rings is 1. The fourth-order valence-corrected chi connectivity index (χ4v) is 5.39. The average molecular weight is 377 g/mol. The minimum Gasteiger partial charge on any atom is -0.385 e. The molecule has 0 radical (unpaired) electrons. The lowest BCUT2D eigenvalue weighted by atomic mass is 10.2. The molecule has 1 aliphatic heterocycles. The molecule has 9 heteroatoms. The third-order valence-corrected chi connectivity index (χ3v) is 7.02. The molecule has 8 nitrogen and oxygen atoms in total. The number of sulfonamides is 1. The van der Waals surface area contributed by atoms with E-state index in [1.807, 2.05) is 23.8 Å². The smallest absolute Gasteiger partial charge is 0.214 e. The Kier molecular flexibility index (Phi) is 4.25. The molecule has 1 aliphatic rings. The van der Waals surface area contributed by atoms with Gasteiger partial charge >= 0.3 is 0 Å². The van der Waals surface area contributed by atoms with Crippen LogP contribution < -0.4 is 0 Å². The number of hydrogen-bond acceptors (Lipinski definition) is 5. The van der Waals surface area contributed by atoms with E-state index >= 15 is 0 Å². The molecule has 1 fully saturated rings. The Hall–Kier alpha value is -1.97. The highest BCUT2D eigenvalue weighted by Crippen LogP contribution is 2.34. The molecule has 2 atom stereocenters. The summed E-state index contributed by atoms with van der Waals surface area (Å²) in [6.45, 7) is 4.45. The van der Waals surface area contributed by atoms with E-state index in [2.05, 4.69) is 15.0 Å². The number of aromatic nitrogens is 4. The number of hydrogen-bond donors (Lipinski definition) is 2. The Morgan fingerprint density at radius 1 is 1.46 bits per heavy atom. The summed E-state index contributed by atoms with van der Waals surface area (Å²) in [5, 5.41) is 11.2. The number of nitrogens with one attached hydrogen (secondary N) is 1. The Bertz CT molecular complexity index is 1050. The molecule has 0 saturated carbocycles. The zero-order valence-electron chi connectivity index (χ0n) is 14.9. The number of H-pyrrole nitrogens is 1. The van der Waals surface area contributed by atoms with E-state index in [0.717, 1.165) is 16.6 Å². The summed E-state index contributed by atoms with van der Waals surface area (Å²) in [6.07, 6.45) is 4.06. The number of aromatic amines is 1. The van der Waals surface area contributed by atoms with Crippen molar-refractivity contribution in [3.05, 3.63) is 24.3 Å². The maximum Gasteiger partial charge on any atom is 0.214 e. The van der Waals surface area contributed by atoms with Crippen LogP contribution in [-0.2, 0) is 10.0 Å². The molecule has 26 heavy (non-hydrogen) atoms. The molecule has 0 aliphatic carbocycles. The van der Waals surface area contributed by atoms with E-state index in [9.17, 15) is 13.5 Å². The molecule has 0 bridgehead atoms. The molecule has 0 unspecified atom stereocenters. The van der Waals surface area contributed by atoms with Crippen LogP contribution in [0.25, 0.3) is 22.1 Å². The highest BCUT2D eigenvalue weighted by Gasteiger charge is 2.34. The number of aliphatic hydroxyl groups excluding tert-OH is 1. The lowest BCUT2D eigenvalue weighted by Gasteiger charge is -2.20. The van der Waals surface area contributed by atoms with Gasteiger partial charge in [0.2, 0.25) is 10.0 Å². The van der Waals surface area contributed by atoms with Gasteiger partial charge in [0, 0.05) is 24.7 Å². The van der Waals surface area contributed by atoms with Gasteiger partial charge in [-0.15, -0.1) is 0 Å². The van der Waals surface area contributed by atoms with Crippen LogP contribution in [0.1, 0.15) is 44.7 Å². The van der Waals surface area contributed by atoms with Gasteiger partial charge in [0.1, 0.15) is 23.1 Å². The van der Waals surface area contributed by atoms with Crippen molar-refractivity contribution in [2.75, 3.05) is 18.8 Å². The first-order valence-electron chi connectivity index (χ1n) is 8.92. The molecule has 2 N–H and O–H groups in total. The first-order valence-corrected chi connectivity index (χ1v) is 10.5. The number of fused-ring (bicyclic) bond motifs is 3. The summed E-state index contributed by atoms with van der Waals surface area (Å²) in [5.74, 6) is 0.717. The van der Waals surface area contributed by atoms with Crippen molar-refractivity contribution >= 4 is 32.1 Å². The molecule has 0 aromatic carbocycles. The second-order valence-corrected chi connectivity index (χ2v) is 8.95. The van der Waals surface area contributed by atoms with Gasteiger partial charge in [-0.1, -0.05) is 6.92 Å². The van der Waals surface area contributed by atoms with E-state index in [0.29, 0.717) is 37.3 Å². The third kappa shape index (κ3) is 2.70. The largest absolute Gasteiger partial charge is 0.385 e. The van der Waals surface area contributed by atoms with Gasteiger partial charge in [0.25, 0.3) is 0 Å². The first-order chi connectivity index (χ1) is 12.4. The van der Waals surface area contributed by atoms with E-state index in [1.165, 1.54) is 0 Å². The minimum absolute atomic E-state index is 0.0586. The van der Waals surface area contributed by atoms with Gasteiger partial charge in [0.05, 0.1) is 23.5 Å². The minimum atomic E-state index is -3.23. The molecular weight excluding hydrogens is 354 g/mol. The molecular formula is C17H23N5O3S. The van der Waals surface area contributed by atoms with Crippen molar-refractivity contribution < 1.29 is 13.5 Å². The SMILES string of the molecule is CCCS(=O)(=O)N1CC[C@@H](n2c([C@@H](C)O)nc3cnc4[nH]ccc4c32)C1. The van der Waals surface area contributed by atoms with Crippen LogP contribution in [0.2, 0.25) is 0 Å². The van der Waals surface area contributed by atoms with Crippen molar-refractivity contribution in [2.24, 2.45) is 0 Å². The zero-order valence-corrected chi connectivity index (χ0v) is 15.7.